The standard InChI is InChI=1S/C12H14Br3Cl2O3P/c1-11(2,3)7-4-5-8(9(16)6-7)10(12(13,14)15)20-21(17,18)19/h4-6,10H,1-3H3,(H,18,19). The molecular weight excluding hydrogens is 534 g/mol. The fourth-order valence-electron chi connectivity index (χ4n) is 1.63. The van der Waals surface area contributed by atoms with E-state index in [2.05, 4.69) is 68.6 Å². The number of alkyl halides is 3. The van der Waals surface area contributed by atoms with Gasteiger partial charge in [0.1, 0.15) is 6.10 Å². The van der Waals surface area contributed by atoms with Crippen LogP contribution in [-0.4, -0.2) is 7.04 Å². The topological polar surface area (TPSA) is 46.5 Å². The maximum atomic E-state index is 11.4. The quantitative estimate of drug-likeness (QED) is 0.332. The molecule has 0 heterocycles. The second-order valence-corrected chi connectivity index (χ2v) is 15.2. The fraction of sp³-hybridized carbons (Fsp3) is 0.500. The van der Waals surface area contributed by atoms with E-state index in [4.69, 9.17) is 27.4 Å². The number of benzene rings is 1. The van der Waals surface area contributed by atoms with Crippen LogP contribution < -0.4 is 0 Å². The van der Waals surface area contributed by atoms with E-state index in [1.54, 1.807) is 6.07 Å². The first-order valence-electron chi connectivity index (χ1n) is 5.79. The lowest BCUT2D eigenvalue weighted by atomic mass is 9.86. The van der Waals surface area contributed by atoms with E-state index < -0.39 is 15.2 Å². The average molecular weight is 548 g/mol. The number of hydrogen-bond acceptors (Lipinski definition) is 2. The first kappa shape index (κ1) is 20.4. The molecule has 120 valence electrons. The van der Waals surface area contributed by atoms with Crippen LogP contribution in [0.5, 0.6) is 0 Å². The minimum absolute atomic E-state index is 0.0639. The van der Waals surface area contributed by atoms with Gasteiger partial charge in [0.2, 0.25) is 0 Å². The maximum Gasteiger partial charge on any atom is 0.422 e. The van der Waals surface area contributed by atoms with Gasteiger partial charge in [0.15, 0.2) is 2.14 Å². The normalized spacial score (nSPS) is 17.4. The molecule has 2 unspecified atom stereocenters. The Bertz CT molecular complexity index is 564. The summed E-state index contributed by atoms with van der Waals surface area (Å²) in [4.78, 5) is 9.28. The van der Waals surface area contributed by atoms with Gasteiger partial charge in [-0.2, -0.15) is 0 Å². The number of hydrogen-bond donors (Lipinski definition) is 1. The van der Waals surface area contributed by atoms with Crippen LogP contribution in [0.25, 0.3) is 0 Å². The molecule has 0 fully saturated rings. The molecule has 0 aliphatic heterocycles. The molecule has 0 aliphatic rings. The molecule has 1 aromatic carbocycles. The van der Waals surface area contributed by atoms with E-state index in [0.717, 1.165) is 5.56 Å². The van der Waals surface area contributed by atoms with Gasteiger partial charge in [0.25, 0.3) is 0 Å². The summed E-state index contributed by atoms with van der Waals surface area (Å²) < 4.78 is 15.4. The summed E-state index contributed by atoms with van der Waals surface area (Å²) in [6.45, 7) is 1.97. The molecule has 0 bridgehead atoms. The van der Waals surface area contributed by atoms with E-state index in [1.165, 1.54) is 0 Å². The highest BCUT2D eigenvalue weighted by Gasteiger charge is 2.39. The van der Waals surface area contributed by atoms with Gasteiger partial charge in [-0.1, -0.05) is 92.3 Å². The second kappa shape index (κ2) is 7.10. The fourth-order valence-corrected chi connectivity index (χ4v) is 4.13. The molecular formula is C12H14Br3Cl2O3P. The Morgan fingerprint density at radius 1 is 1.29 bits per heavy atom. The minimum atomic E-state index is -4.22. The highest BCUT2D eigenvalue weighted by Crippen LogP contribution is 2.59. The minimum Gasteiger partial charge on any atom is -0.313 e. The molecule has 0 saturated heterocycles. The summed E-state index contributed by atoms with van der Waals surface area (Å²) in [5, 5.41) is 0.417. The van der Waals surface area contributed by atoms with E-state index in [-0.39, 0.29) is 5.41 Å². The summed E-state index contributed by atoms with van der Waals surface area (Å²) in [5.74, 6) is 0. The van der Waals surface area contributed by atoms with Gasteiger partial charge in [-0.15, -0.1) is 0 Å². The summed E-state index contributed by atoms with van der Waals surface area (Å²) in [7, 11) is 0. The zero-order valence-corrected chi connectivity index (χ0v) is 18.6. The Hall–Kier alpha value is 1.39. The molecule has 0 aliphatic carbocycles. The second-order valence-electron chi connectivity index (χ2n) is 5.46. The van der Waals surface area contributed by atoms with Crippen molar-refractivity contribution >= 4 is 77.6 Å². The van der Waals surface area contributed by atoms with Gasteiger partial charge in [-0.05, 0) is 17.0 Å². The Morgan fingerprint density at radius 3 is 2.14 bits per heavy atom. The smallest absolute Gasteiger partial charge is 0.313 e. The van der Waals surface area contributed by atoms with Crippen molar-refractivity contribution in [1.82, 2.24) is 0 Å². The van der Waals surface area contributed by atoms with Gasteiger partial charge in [0.05, 0.1) is 0 Å². The summed E-state index contributed by atoms with van der Waals surface area (Å²) in [6, 6.07) is 5.45. The molecule has 0 aromatic heterocycles. The van der Waals surface area contributed by atoms with Crippen molar-refractivity contribution in [2.45, 2.75) is 34.4 Å². The largest absolute Gasteiger partial charge is 0.422 e. The molecule has 2 atom stereocenters. The Kier molecular flexibility index (Phi) is 6.91. The molecule has 9 heteroatoms. The van der Waals surface area contributed by atoms with Crippen molar-refractivity contribution in [3.05, 3.63) is 34.3 Å². The zero-order valence-electron chi connectivity index (χ0n) is 11.4. The molecule has 1 rings (SSSR count). The van der Waals surface area contributed by atoms with Crippen LogP contribution in [0.3, 0.4) is 0 Å². The molecule has 1 N–H and O–H groups in total. The van der Waals surface area contributed by atoms with E-state index in [1.807, 2.05) is 12.1 Å². The van der Waals surface area contributed by atoms with Crippen LogP contribution in [0, 0.1) is 0 Å². The molecule has 0 saturated carbocycles. The predicted octanol–water partition coefficient (Wildman–Crippen LogP) is 6.87. The van der Waals surface area contributed by atoms with Crippen LogP contribution >= 0.6 is 77.6 Å². The lowest BCUT2D eigenvalue weighted by Crippen LogP contribution is -2.18. The maximum absolute atomic E-state index is 11.4. The zero-order chi connectivity index (χ0) is 16.6. The van der Waals surface area contributed by atoms with Crippen LogP contribution in [-0.2, 0) is 14.5 Å². The third-order valence-electron chi connectivity index (χ3n) is 2.68. The van der Waals surface area contributed by atoms with Crippen molar-refractivity contribution < 1.29 is 14.0 Å². The van der Waals surface area contributed by atoms with Gasteiger partial charge in [-0.25, -0.2) is 4.57 Å². The molecule has 21 heavy (non-hydrogen) atoms. The number of rotatable bonds is 3. The Labute approximate surface area is 159 Å². The van der Waals surface area contributed by atoms with Gasteiger partial charge in [0, 0.05) is 21.8 Å². The molecule has 0 radical (unpaired) electrons. The molecule has 3 nitrogen and oxygen atoms in total. The first-order chi connectivity index (χ1) is 9.22. The van der Waals surface area contributed by atoms with Crippen molar-refractivity contribution in [2.75, 3.05) is 0 Å². The summed E-state index contributed by atoms with van der Waals surface area (Å²) in [5.41, 5.74) is 1.49. The van der Waals surface area contributed by atoms with Crippen LogP contribution in [0.2, 0.25) is 5.02 Å². The average Bonchev–Trinajstić information content (AvgIpc) is 2.22. The van der Waals surface area contributed by atoms with Gasteiger partial charge < -0.3 is 4.89 Å². The van der Waals surface area contributed by atoms with Crippen LogP contribution in [0.1, 0.15) is 38.0 Å². The summed E-state index contributed by atoms with van der Waals surface area (Å²) >= 11 is 21.5. The van der Waals surface area contributed by atoms with E-state index in [0.29, 0.717) is 10.6 Å². The van der Waals surface area contributed by atoms with Crippen molar-refractivity contribution in [3.63, 3.8) is 0 Å². The highest BCUT2D eigenvalue weighted by atomic mass is 80.0. The lowest BCUT2D eigenvalue weighted by Gasteiger charge is -2.28. The van der Waals surface area contributed by atoms with E-state index in [9.17, 15) is 9.46 Å². The lowest BCUT2D eigenvalue weighted by molar-refractivity contribution is 0.198. The van der Waals surface area contributed by atoms with Gasteiger partial charge in [-0.3, -0.25) is 4.52 Å². The van der Waals surface area contributed by atoms with Crippen molar-refractivity contribution in [2.24, 2.45) is 0 Å². The molecule has 0 spiro atoms. The Morgan fingerprint density at radius 2 is 1.81 bits per heavy atom. The predicted molar refractivity (Wildman–Crippen MR) is 99.2 cm³/mol. The third-order valence-corrected chi connectivity index (χ3v) is 4.97. The molecule has 1 aromatic rings. The summed E-state index contributed by atoms with van der Waals surface area (Å²) in [6.07, 6.45) is -0.924. The van der Waals surface area contributed by atoms with E-state index >= 15 is 0 Å². The third kappa shape index (κ3) is 6.42. The van der Waals surface area contributed by atoms with Crippen molar-refractivity contribution in [3.8, 4) is 0 Å². The SMILES string of the molecule is CC(C)(C)c1ccc(C(OP(=O)(O)Cl)C(Br)(Br)Br)c(Cl)c1. The van der Waals surface area contributed by atoms with Crippen LogP contribution in [0.15, 0.2) is 18.2 Å². The van der Waals surface area contributed by atoms with Crippen LogP contribution in [0.4, 0.5) is 0 Å². The highest BCUT2D eigenvalue weighted by molar-refractivity contribution is 9.39. The number of halogens is 5. The van der Waals surface area contributed by atoms with Gasteiger partial charge >= 0.3 is 6.95 Å². The monoisotopic (exact) mass is 544 g/mol. The Balaban J connectivity index is 3.30. The molecule has 0 amide bonds. The first-order valence-corrected chi connectivity index (χ1v) is 11.0. The van der Waals surface area contributed by atoms with Crippen molar-refractivity contribution in [1.29, 1.82) is 0 Å².